The third-order valence-electron chi connectivity index (χ3n) is 1.93. The van der Waals surface area contributed by atoms with Crippen LogP contribution in [0.3, 0.4) is 0 Å². The molecule has 94 valence electrons. The number of hydrogen-bond acceptors (Lipinski definition) is 3. The van der Waals surface area contributed by atoms with Crippen molar-refractivity contribution in [1.29, 1.82) is 0 Å². The lowest BCUT2D eigenvalue weighted by Crippen LogP contribution is -2.27. The van der Waals surface area contributed by atoms with Gasteiger partial charge in [0.1, 0.15) is 5.82 Å². The molecule has 5 nitrogen and oxygen atoms in total. The molecule has 1 aromatic carbocycles. The highest BCUT2D eigenvalue weighted by Gasteiger charge is 2.11. The first-order valence-corrected chi connectivity index (χ1v) is 6.48. The van der Waals surface area contributed by atoms with Crippen molar-refractivity contribution in [3.8, 4) is 0 Å². The maximum absolute atomic E-state index is 12.6. The minimum absolute atomic E-state index is 0.154. The predicted molar refractivity (Wildman–Crippen MR) is 59.3 cm³/mol. The molecule has 2 N–H and O–H groups in total. The summed E-state index contributed by atoms with van der Waals surface area (Å²) in [6.45, 7) is -0.154. The molecule has 17 heavy (non-hydrogen) atoms. The fourth-order valence-corrected chi connectivity index (χ4v) is 2.31. The molecule has 0 fully saturated rings. The van der Waals surface area contributed by atoms with E-state index in [9.17, 15) is 17.6 Å². The number of halogens is 1. The summed E-state index contributed by atoms with van der Waals surface area (Å²) in [6.07, 6.45) is -0.275. The molecule has 0 bridgehead atoms. The van der Waals surface area contributed by atoms with Crippen LogP contribution in [-0.2, 0) is 20.6 Å². The van der Waals surface area contributed by atoms with E-state index in [1.165, 1.54) is 24.3 Å². The largest absolute Gasteiger partial charge is 0.481 e. The summed E-state index contributed by atoms with van der Waals surface area (Å²) in [5.41, 5.74) is 0.439. The van der Waals surface area contributed by atoms with Crippen molar-refractivity contribution >= 4 is 16.0 Å². The fraction of sp³-hybridized carbons (Fsp3) is 0.300. The van der Waals surface area contributed by atoms with E-state index in [2.05, 4.69) is 4.72 Å². The molecule has 1 rings (SSSR count). The molecule has 0 atom stereocenters. The smallest absolute Gasteiger partial charge is 0.304 e. The minimum Gasteiger partial charge on any atom is -0.481 e. The Morgan fingerprint density at radius 3 is 2.41 bits per heavy atom. The summed E-state index contributed by atoms with van der Waals surface area (Å²) in [6, 6.07) is 5.07. The molecule has 7 heteroatoms. The molecular weight excluding hydrogens is 249 g/mol. The first-order chi connectivity index (χ1) is 7.89. The topological polar surface area (TPSA) is 83.5 Å². The van der Waals surface area contributed by atoms with Crippen molar-refractivity contribution in [3.05, 3.63) is 35.6 Å². The number of carboxylic acid groups (broad SMARTS) is 1. The van der Waals surface area contributed by atoms with Crippen molar-refractivity contribution < 1.29 is 22.7 Å². The molecule has 0 unspecified atom stereocenters. The Labute approximate surface area is 98.3 Å². The highest BCUT2D eigenvalue weighted by Crippen LogP contribution is 2.06. The molecule has 0 aromatic heterocycles. The summed E-state index contributed by atoms with van der Waals surface area (Å²) in [4.78, 5) is 10.2. The van der Waals surface area contributed by atoms with Gasteiger partial charge in [-0.3, -0.25) is 4.79 Å². The second kappa shape index (κ2) is 5.74. The van der Waals surface area contributed by atoms with Crippen molar-refractivity contribution in [3.63, 3.8) is 0 Å². The van der Waals surface area contributed by atoms with Crippen LogP contribution in [0.1, 0.15) is 12.0 Å². The normalized spacial score (nSPS) is 11.4. The zero-order valence-corrected chi connectivity index (χ0v) is 9.71. The molecule has 0 saturated carbocycles. The van der Waals surface area contributed by atoms with E-state index in [0.717, 1.165) is 0 Å². The minimum atomic E-state index is -3.58. The molecule has 0 saturated heterocycles. The Morgan fingerprint density at radius 1 is 1.29 bits per heavy atom. The Kier molecular flexibility index (Phi) is 4.59. The number of aliphatic carboxylic acids is 1. The lowest BCUT2D eigenvalue weighted by Gasteiger charge is -2.05. The van der Waals surface area contributed by atoms with E-state index in [-0.39, 0.29) is 18.7 Å². The number of carbonyl (C=O) groups is 1. The average molecular weight is 261 g/mol. The molecule has 0 radical (unpaired) electrons. The average Bonchev–Trinajstić information content (AvgIpc) is 2.20. The predicted octanol–water partition coefficient (Wildman–Crippen LogP) is 0.720. The van der Waals surface area contributed by atoms with E-state index < -0.39 is 21.8 Å². The van der Waals surface area contributed by atoms with Crippen LogP contribution in [0.5, 0.6) is 0 Å². The molecule has 0 aliphatic carbocycles. The Hall–Kier alpha value is -1.47. The van der Waals surface area contributed by atoms with Gasteiger partial charge in [0.25, 0.3) is 0 Å². The summed E-state index contributed by atoms with van der Waals surface area (Å²) in [5.74, 6) is -1.81. The summed E-state index contributed by atoms with van der Waals surface area (Å²) >= 11 is 0. The molecule has 0 heterocycles. The number of sulfonamides is 1. The monoisotopic (exact) mass is 261 g/mol. The highest BCUT2D eigenvalue weighted by molar-refractivity contribution is 7.88. The van der Waals surface area contributed by atoms with Crippen LogP contribution in [0, 0.1) is 5.82 Å². The third-order valence-corrected chi connectivity index (χ3v) is 3.29. The summed E-state index contributed by atoms with van der Waals surface area (Å²) in [7, 11) is -3.58. The van der Waals surface area contributed by atoms with Gasteiger partial charge in [0.2, 0.25) is 10.0 Å². The lowest BCUT2D eigenvalue weighted by atomic mass is 10.2. The zero-order chi connectivity index (χ0) is 12.9. The molecule has 0 amide bonds. The van der Waals surface area contributed by atoms with Gasteiger partial charge < -0.3 is 5.11 Å². The molecule has 0 aliphatic rings. The SMILES string of the molecule is O=C(O)CCNS(=O)(=O)Cc1ccc(F)cc1. The van der Waals surface area contributed by atoms with Crippen LogP contribution in [0.25, 0.3) is 0 Å². The zero-order valence-electron chi connectivity index (χ0n) is 8.89. The van der Waals surface area contributed by atoms with E-state index in [4.69, 9.17) is 5.11 Å². The van der Waals surface area contributed by atoms with E-state index >= 15 is 0 Å². The van der Waals surface area contributed by atoms with E-state index in [0.29, 0.717) is 5.56 Å². The fourth-order valence-electron chi connectivity index (χ4n) is 1.16. The Balaban J connectivity index is 2.54. The van der Waals surface area contributed by atoms with Crippen molar-refractivity contribution in [2.75, 3.05) is 6.54 Å². The Morgan fingerprint density at radius 2 is 1.88 bits per heavy atom. The quantitative estimate of drug-likeness (QED) is 0.790. The van der Waals surface area contributed by atoms with Crippen LogP contribution in [0.15, 0.2) is 24.3 Å². The van der Waals surface area contributed by atoms with Crippen molar-refractivity contribution in [2.24, 2.45) is 0 Å². The number of nitrogens with one attached hydrogen (secondary N) is 1. The van der Waals surface area contributed by atoms with E-state index in [1.54, 1.807) is 0 Å². The van der Waals surface area contributed by atoms with Gasteiger partial charge in [-0.15, -0.1) is 0 Å². The number of rotatable bonds is 6. The number of carboxylic acids is 1. The maximum atomic E-state index is 12.6. The van der Waals surface area contributed by atoms with Crippen LogP contribution in [-0.4, -0.2) is 26.0 Å². The molecule has 1 aromatic rings. The van der Waals surface area contributed by atoms with Gasteiger partial charge in [-0.25, -0.2) is 17.5 Å². The second-order valence-corrected chi connectivity index (χ2v) is 5.23. The first-order valence-electron chi connectivity index (χ1n) is 4.82. The lowest BCUT2D eigenvalue weighted by molar-refractivity contribution is -0.136. The van der Waals surface area contributed by atoms with Crippen LogP contribution < -0.4 is 4.72 Å². The second-order valence-electron chi connectivity index (χ2n) is 3.42. The summed E-state index contributed by atoms with van der Waals surface area (Å²) in [5, 5.41) is 8.35. The molecular formula is C10H12FNO4S. The van der Waals surface area contributed by atoms with Gasteiger partial charge in [-0.1, -0.05) is 12.1 Å². The molecule has 0 aliphatic heterocycles. The molecule has 0 spiro atoms. The van der Waals surface area contributed by atoms with Gasteiger partial charge in [0.05, 0.1) is 12.2 Å². The van der Waals surface area contributed by atoms with E-state index in [1.807, 2.05) is 0 Å². The van der Waals surface area contributed by atoms with Gasteiger partial charge in [0, 0.05) is 6.54 Å². The standard InChI is InChI=1S/C10H12FNO4S/c11-9-3-1-8(2-4-9)7-17(15,16)12-6-5-10(13)14/h1-4,12H,5-7H2,(H,13,14). The maximum Gasteiger partial charge on any atom is 0.304 e. The number of benzene rings is 1. The van der Waals surface area contributed by atoms with Crippen LogP contribution >= 0.6 is 0 Å². The summed E-state index contributed by atoms with van der Waals surface area (Å²) < 4.78 is 37.7. The highest BCUT2D eigenvalue weighted by atomic mass is 32.2. The van der Waals surface area contributed by atoms with Gasteiger partial charge in [0.15, 0.2) is 0 Å². The van der Waals surface area contributed by atoms with Gasteiger partial charge in [-0.2, -0.15) is 0 Å². The van der Waals surface area contributed by atoms with Crippen molar-refractivity contribution in [1.82, 2.24) is 4.72 Å². The third kappa shape index (κ3) is 5.41. The van der Waals surface area contributed by atoms with Crippen LogP contribution in [0.2, 0.25) is 0 Å². The first kappa shape index (κ1) is 13.6. The van der Waals surface area contributed by atoms with Gasteiger partial charge >= 0.3 is 5.97 Å². The van der Waals surface area contributed by atoms with Gasteiger partial charge in [-0.05, 0) is 17.7 Å². The van der Waals surface area contributed by atoms with Crippen molar-refractivity contribution in [2.45, 2.75) is 12.2 Å². The van der Waals surface area contributed by atoms with Crippen LogP contribution in [0.4, 0.5) is 4.39 Å². The Bertz CT molecular complexity index is 484. The number of hydrogen-bond donors (Lipinski definition) is 2.